The van der Waals surface area contributed by atoms with E-state index in [2.05, 4.69) is 4.90 Å². The summed E-state index contributed by atoms with van der Waals surface area (Å²) in [7, 11) is 0. The Morgan fingerprint density at radius 1 is 1.22 bits per heavy atom. The van der Waals surface area contributed by atoms with Gasteiger partial charge in [0.2, 0.25) is 0 Å². The van der Waals surface area contributed by atoms with E-state index in [0.717, 1.165) is 18.0 Å². The van der Waals surface area contributed by atoms with Crippen LogP contribution in [0.25, 0.3) is 0 Å². The molecule has 0 N–H and O–H groups in total. The van der Waals surface area contributed by atoms with Gasteiger partial charge in [-0.25, -0.2) is 0 Å². The van der Waals surface area contributed by atoms with Gasteiger partial charge in [-0.2, -0.15) is 13.2 Å². The van der Waals surface area contributed by atoms with E-state index in [1.165, 1.54) is 5.56 Å². The first kappa shape index (κ1) is 16.3. The number of carbonyl (C=O) groups excluding carboxylic acids is 1. The third-order valence-electron chi connectivity index (χ3n) is 4.46. The molecule has 1 aromatic carbocycles. The molecule has 126 valence electrons. The number of piperidine rings is 1. The van der Waals surface area contributed by atoms with Gasteiger partial charge in [0.25, 0.3) is 0 Å². The van der Waals surface area contributed by atoms with Gasteiger partial charge in [-0.1, -0.05) is 30.3 Å². The second-order valence-electron chi connectivity index (χ2n) is 5.97. The summed E-state index contributed by atoms with van der Waals surface area (Å²) in [5.74, 6) is -1.76. The first-order chi connectivity index (χ1) is 10.9. The summed E-state index contributed by atoms with van der Waals surface area (Å²) in [4.78, 5) is 14.5. The number of halogens is 3. The molecule has 2 aliphatic heterocycles. The van der Waals surface area contributed by atoms with Crippen molar-refractivity contribution in [2.75, 3.05) is 26.2 Å². The lowest BCUT2D eigenvalue weighted by Gasteiger charge is -2.46. The summed E-state index contributed by atoms with van der Waals surface area (Å²) < 4.78 is 43.4. The van der Waals surface area contributed by atoms with Crippen LogP contribution < -0.4 is 0 Å². The van der Waals surface area contributed by atoms with E-state index in [-0.39, 0.29) is 25.2 Å². The lowest BCUT2D eigenvalue weighted by molar-refractivity contribution is -0.192. The molecule has 2 aliphatic rings. The molecule has 1 aromatic rings. The molecule has 0 unspecified atom stereocenters. The topological polar surface area (TPSA) is 32.8 Å². The fraction of sp³-hybridized carbons (Fsp3) is 0.562. The number of fused-ring (bicyclic) bond motifs is 1. The monoisotopic (exact) mass is 328 g/mol. The second-order valence-corrected chi connectivity index (χ2v) is 5.97. The zero-order valence-electron chi connectivity index (χ0n) is 12.6. The third-order valence-corrected chi connectivity index (χ3v) is 4.46. The number of carbonyl (C=O) groups is 1. The summed E-state index contributed by atoms with van der Waals surface area (Å²) in [5, 5.41) is 0. The minimum Gasteiger partial charge on any atom is -0.373 e. The van der Waals surface area contributed by atoms with E-state index in [1.54, 1.807) is 0 Å². The third kappa shape index (κ3) is 3.67. The Morgan fingerprint density at radius 3 is 2.65 bits per heavy atom. The Kier molecular flexibility index (Phi) is 4.59. The van der Waals surface area contributed by atoms with Crippen LogP contribution in [0, 0.1) is 0 Å². The molecule has 0 aliphatic carbocycles. The maximum absolute atomic E-state index is 12.6. The highest BCUT2D eigenvalue weighted by Crippen LogP contribution is 2.27. The standard InChI is InChI=1S/C16H19F3N2O2/c17-16(18,19)15(22)21-7-6-13-14(11-21)23-9-8-20(13)10-12-4-2-1-3-5-12/h1-5,13-14H,6-11H2/t13-,14-/m0/s1. The highest BCUT2D eigenvalue weighted by Gasteiger charge is 2.46. The fourth-order valence-electron chi connectivity index (χ4n) is 3.35. The van der Waals surface area contributed by atoms with Crippen LogP contribution in [0.2, 0.25) is 0 Å². The van der Waals surface area contributed by atoms with Crippen molar-refractivity contribution in [2.45, 2.75) is 31.3 Å². The van der Waals surface area contributed by atoms with Crippen molar-refractivity contribution in [2.24, 2.45) is 0 Å². The van der Waals surface area contributed by atoms with Crippen LogP contribution in [0.1, 0.15) is 12.0 Å². The zero-order chi connectivity index (χ0) is 16.4. The van der Waals surface area contributed by atoms with E-state index in [1.807, 2.05) is 30.3 Å². The minimum absolute atomic E-state index is 0.00823. The molecule has 0 spiro atoms. The highest BCUT2D eigenvalue weighted by atomic mass is 19.4. The van der Waals surface area contributed by atoms with Gasteiger partial charge in [-0.05, 0) is 12.0 Å². The average molecular weight is 328 g/mol. The number of likely N-dealkylation sites (tertiary alicyclic amines) is 1. The lowest BCUT2D eigenvalue weighted by atomic mass is 9.97. The predicted molar refractivity (Wildman–Crippen MR) is 77.6 cm³/mol. The van der Waals surface area contributed by atoms with Crippen LogP contribution >= 0.6 is 0 Å². The molecule has 2 heterocycles. The highest BCUT2D eigenvalue weighted by molar-refractivity contribution is 5.82. The molecule has 0 aromatic heterocycles. The molecule has 7 heteroatoms. The second kappa shape index (κ2) is 6.49. The van der Waals surface area contributed by atoms with Crippen LogP contribution in [0.3, 0.4) is 0 Å². The van der Waals surface area contributed by atoms with Crippen molar-refractivity contribution in [1.82, 2.24) is 9.80 Å². The molecule has 4 nitrogen and oxygen atoms in total. The summed E-state index contributed by atoms with van der Waals surface area (Å²) in [6, 6.07) is 10.0. The minimum atomic E-state index is -4.81. The lowest BCUT2D eigenvalue weighted by Crippen LogP contribution is -2.61. The number of nitrogens with zero attached hydrogens (tertiary/aromatic N) is 2. The first-order valence-electron chi connectivity index (χ1n) is 7.71. The largest absolute Gasteiger partial charge is 0.471 e. The Hall–Kier alpha value is -1.60. The number of morpholine rings is 1. The molecule has 0 saturated carbocycles. The average Bonchev–Trinajstić information content (AvgIpc) is 2.54. The molecule has 0 bridgehead atoms. The molecule has 23 heavy (non-hydrogen) atoms. The van der Waals surface area contributed by atoms with Crippen molar-refractivity contribution in [3.05, 3.63) is 35.9 Å². The van der Waals surface area contributed by atoms with Crippen molar-refractivity contribution in [3.63, 3.8) is 0 Å². The Balaban J connectivity index is 1.65. The number of alkyl halides is 3. The zero-order valence-corrected chi connectivity index (χ0v) is 12.6. The SMILES string of the molecule is O=C(N1CC[C@H]2[C@H](C1)OCCN2Cc1ccccc1)C(F)(F)F. The van der Waals surface area contributed by atoms with Crippen LogP contribution in [-0.2, 0) is 16.1 Å². The molecule has 1 amide bonds. The van der Waals surface area contributed by atoms with E-state index in [9.17, 15) is 18.0 Å². The quantitative estimate of drug-likeness (QED) is 0.833. The Labute approximate surface area is 132 Å². The summed E-state index contributed by atoms with van der Waals surface area (Å²) in [6.45, 7) is 2.10. The fourth-order valence-corrected chi connectivity index (χ4v) is 3.35. The van der Waals surface area contributed by atoms with Gasteiger partial charge in [0.05, 0.1) is 12.7 Å². The van der Waals surface area contributed by atoms with Gasteiger partial charge < -0.3 is 9.64 Å². The number of amides is 1. The first-order valence-corrected chi connectivity index (χ1v) is 7.71. The smallest absolute Gasteiger partial charge is 0.373 e. The molecule has 2 atom stereocenters. The van der Waals surface area contributed by atoms with Crippen molar-refractivity contribution in [1.29, 1.82) is 0 Å². The van der Waals surface area contributed by atoms with Gasteiger partial charge in [0, 0.05) is 32.2 Å². The van der Waals surface area contributed by atoms with Crippen LogP contribution in [0.15, 0.2) is 30.3 Å². The summed E-state index contributed by atoms with van der Waals surface area (Å²) in [5.41, 5.74) is 1.17. The summed E-state index contributed by atoms with van der Waals surface area (Å²) >= 11 is 0. The number of ether oxygens (including phenoxy) is 1. The van der Waals surface area contributed by atoms with Crippen molar-refractivity contribution < 1.29 is 22.7 Å². The molecular weight excluding hydrogens is 309 g/mol. The van der Waals surface area contributed by atoms with Gasteiger partial charge in [-0.3, -0.25) is 9.69 Å². The van der Waals surface area contributed by atoms with E-state index < -0.39 is 12.1 Å². The maximum Gasteiger partial charge on any atom is 0.471 e. The van der Waals surface area contributed by atoms with Crippen molar-refractivity contribution in [3.8, 4) is 0 Å². The van der Waals surface area contributed by atoms with E-state index in [0.29, 0.717) is 13.0 Å². The molecule has 2 saturated heterocycles. The van der Waals surface area contributed by atoms with Gasteiger partial charge >= 0.3 is 12.1 Å². The normalized spacial score (nSPS) is 26.0. The van der Waals surface area contributed by atoms with Gasteiger partial charge in [0.1, 0.15) is 0 Å². The summed E-state index contributed by atoms with van der Waals surface area (Å²) in [6.07, 6.45) is -4.67. The number of hydrogen-bond donors (Lipinski definition) is 0. The maximum atomic E-state index is 12.6. The van der Waals surface area contributed by atoms with Gasteiger partial charge in [-0.15, -0.1) is 0 Å². The molecular formula is C16H19F3N2O2. The van der Waals surface area contributed by atoms with Crippen LogP contribution in [0.5, 0.6) is 0 Å². The van der Waals surface area contributed by atoms with Crippen LogP contribution in [0.4, 0.5) is 13.2 Å². The van der Waals surface area contributed by atoms with Gasteiger partial charge in [0.15, 0.2) is 0 Å². The molecule has 3 rings (SSSR count). The molecule has 0 radical (unpaired) electrons. The van der Waals surface area contributed by atoms with Crippen LogP contribution in [-0.4, -0.2) is 60.3 Å². The van der Waals surface area contributed by atoms with Crippen molar-refractivity contribution >= 4 is 5.91 Å². The van der Waals surface area contributed by atoms with E-state index in [4.69, 9.17) is 4.74 Å². The Bertz CT molecular complexity index is 550. The van der Waals surface area contributed by atoms with E-state index >= 15 is 0 Å². The number of hydrogen-bond acceptors (Lipinski definition) is 3. The number of rotatable bonds is 2. The number of benzene rings is 1. The Morgan fingerprint density at radius 2 is 1.96 bits per heavy atom. The molecule has 2 fully saturated rings. The predicted octanol–water partition coefficient (Wildman–Crippen LogP) is 2.05.